The van der Waals surface area contributed by atoms with E-state index in [2.05, 4.69) is 31.1 Å². The van der Waals surface area contributed by atoms with Gasteiger partial charge in [0.25, 0.3) is 0 Å². The molecule has 1 atom stereocenters. The Hall–Kier alpha value is -2.88. The quantitative estimate of drug-likeness (QED) is 0.677. The fourth-order valence-corrected chi connectivity index (χ4v) is 2.65. The molecule has 0 spiro atoms. The van der Waals surface area contributed by atoms with Gasteiger partial charge in [-0.25, -0.2) is 4.68 Å². The Labute approximate surface area is 144 Å². The number of nitrogens with one attached hydrogen (secondary N) is 2. The molecule has 1 aliphatic heterocycles. The fraction of sp³-hybridized carbons (Fsp3) is 0.467. The third-order valence-electron chi connectivity index (χ3n) is 4.03. The van der Waals surface area contributed by atoms with Gasteiger partial charge >= 0.3 is 0 Å². The predicted octanol–water partition coefficient (Wildman–Crippen LogP) is -1.51. The molecule has 0 saturated carbocycles. The van der Waals surface area contributed by atoms with Crippen LogP contribution in [0.2, 0.25) is 0 Å². The van der Waals surface area contributed by atoms with Crippen molar-refractivity contribution in [1.82, 2.24) is 40.7 Å². The van der Waals surface area contributed by atoms with Gasteiger partial charge in [0.2, 0.25) is 11.8 Å². The van der Waals surface area contributed by atoms with Crippen LogP contribution >= 0.6 is 0 Å². The molecule has 3 rings (SSSR count). The van der Waals surface area contributed by atoms with Gasteiger partial charge in [-0.1, -0.05) is 6.07 Å². The van der Waals surface area contributed by atoms with Crippen LogP contribution in [0.25, 0.3) is 0 Å². The number of nitrogens with zero attached hydrogens (tertiary/aromatic N) is 6. The topological polar surface area (TPSA) is 118 Å². The van der Waals surface area contributed by atoms with Crippen LogP contribution < -0.4 is 10.6 Å². The number of rotatable bonds is 5. The van der Waals surface area contributed by atoms with E-state index in [0.29, 0.717) is 32.0 Å². The van der Waals surface area contributed by atoms with Gasteiger partial charge in [0.15, 0.2) is 0 Å². The average Bonchev–Trinajstić information content (AvgIpc) is 3.05. The van der Waals surface area contributed by atoms with Crippen LogP contribution in [0, 0.1) is 6.92 Å². The van der Waals surface area contributed by atoms with Crippen molar-refractivity contribution in [3.05, 3.63) is 35.9 Å². The van der Waals surface area contributed by atoms with Crippen molar-refractivity contribution in [2.45, 2.75) is 26.1 Å². The van der Waals surface area contributed by atoms with Gasteiger partial charge < -0.3 is 15.5 Å². The summed E-state index contributed by atoms with van der Waals surface area (Å²) in [4.78, 5) is 30.9. The zero-order valence-corrected chi connectivity index (χ0v) is 13.9. The van der Waals surface area contributed by atoms with E-state index < -0.39 is 6.04 Å². The number of carbonyl (C=O) groups excluding carboxylic acids is 2. The first-order chi connectivity index (χ1) is 12.1. The molecule has 2 N–H and O–H groups in total. The molecule has 0 aliphatic carbocycles. The number of pyridine rings is 1. The molecule has 0 radical (unpaired) electrons. The standard InChI is InChI=1S/C15H20N8O2/c1-11-19-20-21-23(11)10-14(24)22-7-6-16-9-13(22)15(25)18-8-12-4-2-3-5-17-12/h2-5,13,16H,6-10H2,1H3,(H,18,25)/t13-/m0/s1. The van der Waals surface area contributed by atoms with Gasteiger partial charge in [-0.2, -0.15) is 0 Å². The van der Waals surface area contributed by atoms with E-state index in [-0.39, 0.29) is 18.4 Å². The summed E-state index contributed by atoms with van der Waals surface area (Å²) in [7, 11) is 0. The minimum atomic E-state index is -0.568. The summed E-state index contributed by atoms with van der Waals surface area (Å²) in [6.45, 7) is 3.58. The molecule has 10 heteroatoms. The van der Waals surface area contributed by atoms with Crippen LogP contribution in [0.1, 0.15) is 11.5 Å². The lowest BCUT2D eigenvalue weighted by molar-refractivity contribution is -0.142. The minimum Gasteiger partial charge on any atom is -0.349 e. The average molecular weight is 344 g/mol. The van der Waals surface area contributed by atoms with Crippen LogP contribution in [-0.2, 0) is 22.7 Å². The highest BCUT2D eigenvalue weighted by Gasteiger charge is 2.32. The Morgan fingerprint density at radius 1 is 1.40 bits per heavy atom. The molecule has 3 heterocycles. The zero-order chi connectivity index (χ0) is 17.6. The molecular weight excluding hydrogens is 324 g/mol. The first-order valence-electron chi connectivity index (χ1n) is 8.05. The normalized spacial score (nSPS) is 17.3. The number of aryl methyl sites for hydroxylation is 1. The van der Waals surface area contributed by atoms with E-state index in [1.54, 1.807) is 18.0 Å². The van der Waals surface area contributed by atoms with E-state index in [9.17, 15) is 9.59 Å². The lowest BCUT2D eigenvalue weighted by atomic mass is 10.1. The number of hydrogen-bond donors (Lipinski definition) is 2. The number of amides is 2. The molecule has 0 aromatic carbocycles. The number of piperazine rings is 1. The third-order valence-corrected chi connectivity index (χ3v) is 4.03. The molecule has 2 amide bonds. The van der Waals surface area contributed by atoms with Crippen LogP contribution in [0.15, 0.2) is 24.4 Å². The summed E-state index contributed by atoms with van der Waals surface area (Å²) in [5, 5.41) is 17.1. The van der Waals surface area contributed by atoms with Gasteiger partial charge in [0, 0.05) is 25.8 Å². The highest BCUT2D eigenvalue weighted by molar-refractivity contribution is 5.88. The van der Waals surface area contributed by atoms with Crippen molar-refractivity contribution < 1.29 is 9.59 Å². The molecule has 0 bridgehead atoms. The largest absolute Gasteiger partial charge is 0.349 e. The van der Waals surface area contributed by atoms with Crippen molar-refractivity contribution in [2.75, 3.05) is 19.6 Å². The van der Waals surface area contributed by atoms with Crippen LogP contribution in [0.4, 0.5) is 0 Å². The lowest BCUT2D eigenvalue weighted by Gasteiger charge is -2.35. The molecule has 132 valence electrons. The molecule has 10 nitrogen and oxygen atoms in total. The van der Waals surface area contributed by atoms with Gasteiger partial charge in [-0.05, 0) is 29.5 Å². The molecule has 0 unspecified atom stereocenters. The van der Waals surface area contributed by atoms with E-state index >= 15 is 0 Å². The van der Waals surface area contributed by atoms with Gasteiger partial charge in [-0.3, -0.25) is 14.6 Å². The summed E-state index contributed by atoms with van der Waals surface area (Å²) in [6, 6.07) is 4.95. The van der Waals surface area contributed by atoms with Crippen molar-refractivity contribution in [2.24, 2.45) is 0 Å². The Morgan fingerprint density at radius 2 is 2.28 bits per heavy atom. The van der Waals surface area contributed by atoms with E-state index in [0.717, 1.165) is 5.69 Å². The lowest BCUT2D eigenvalue weighted by Crippen LogP contribution is -2.60. The molecule has 2 aromatic rings. The second-order valence-corrected chi connectivity index (χ2v) is 5.73. The maximum absolute atomic E-state index is 12.6. The monoisotopic (exact) mass is 344 g/mol. The smallest absolute Gasteiger partial charge is 0.245 e. The van der Waals surface area contributed by atoms with Gasteiger partial charge in [0.1, 0.15) is 18.4 Å². The Kier molecular flexibility index (Phi) is 5.29. The van der Waals surface area contributed by atoms with Crippen molar-refractivity contribution in [3.8, 4) is 0 Å². The minimum absolute atomic E-state index is 0.0167. The van der Waals surface area contributed by atoms with E-state index in [1.165, 1.54) is 4.68 Å². The maximum atomic E-state index is 12.6. The Balaban J connectivity index is 1.62. The van der Waals surface area contributed by atoms with E-state index in [4.69, 9.17) is 0 Å². The maximum Gasteiger partial charge on any atom is 0.245 e. The number of aromatic nitrogens is 5. The first-order valence-corrected chi connectivity index (χ1v) is 8.05. The molecular formula is C15H20N8O2. The van der Waals surface area contributed by atoms with Gasteiger partial charge in [-0.15, -0.1) is 5.10 Å². The second kappa shape index (κ2) is 7.79. The Morgan fingerprint density at radius 3 is 3.00 bits per heavy atom. The first kappa shape index (κ1) is 17.0. The SMILES string of the molecule is Cc1nnnn1CC(=O)N1CCNC[C@H]1C(=O)NCc1ccccn1. The number of tetrazole rings is 1. The van der Waals surface area contributed by atoms with Crippen molar-refractivity contribution in [3.63, 3.8) is 0 Å². The molecule has 1 aliphatic rings. The fourth-order valence-electron chi connectivity index (χ4n) is 2.65. The molecule has 1 saturated heterocycles. The number of carbonyl (C=O) groups is 2. The summed E-state index contributed by atoms with van der Waals surface area (Å²) in [6.07, 6.45) is 1.67. The van der Waals surface area contributed by atoms with Crippen molar-refractivity contribution >= 4 is 11.8 Å². The van der Waals surface area contributed by atoms with E-state index in [1.807, 2.05) is 18.2 Å². The summed E-state index contributed by atoms with van der Waals surface area (Å²) >= 11 is 0. The highest BCUT2D eigenvalue weighted by Crippen LogP contribution is 2.06. The zero-order valence-electron chi connectivity index (χ0n) is 13.9. The Bertz CT molecular complexity index is 732. The van der Waals surface area contributed by atoms with Crippen LogP contribution in [0.3, 0.4) is 0 Å². The van der Waals surface area contributed by atoms with Crippen LogP contribution in [-0.4, -0.2) is 67.6 Å². The predicted molar refractivity (Wildman–Crippen MR) is 87.0 cm³/mol. The summed E-state index contributed by atoms with van der Waals surface area (Å²) in [5.41, 5.74) is 0.766. The third kappa shape index (κ3) is 4.15. The van der Waals surface area contributed by atoms with Gasteiger partial charge in [0.05, 0.1) is 12.2 Å². The second-order valence-electron chi connectivity index (χ2n) is 5.73. The molecule has 2 aromatic heterocycles. The summed E-state index contributed by atoms with van der Waals surface area (Å²) < 4.78 is 1.42. The number of hydrogen-bond acceptors (Lipinski definition) is 7. The highest BCUT2D eigenvalue weighted by atomic mass is 16.2. The molecule has 1 fully saturated rings. The van der Waals surface area contributed by atoms with Crippen LogP contribution in [0.5, 0.6) is 0 Å². The van der Waals surface area contributed by atoms with Crippen molar-refractivity contribution in [1.29, 1.82) is 0 Å². The molecule has 25 heavy (non-hydrogen) atoms. The summed E-state index contributed by atoms with van der Waals surface area (Å²) in [5.74, 6) is 0.161.